The average Bonchev–Trinajstić information content (AvgIpc) is 2.32. The van der Waals surface area contributed by atoms with Gasteiger partial charge in [0.1, 0.15) is 5.82 Å². The molecule has 0 spiro atoms. The zero-order valence-electron chi connectivity index (χ0n) is 9.70. The first-order chi connectivity index (χ1) is 8.28. The molecule has 0 unspecified atom stereocenters. The van der Waals surface area contributed by atoms with E-state index >= 15 is 0 Å². The van der Waals surface area contributed by atoms with Gasteiger partial charge in [-0.3, -0.25) is 0 Å². The first kappa shape index (κ1) is 11.8. The molecule has 2 aromatic rings. The van der Waals surface area contributed by atoms with Gasteiger partial charge in [0.05, 0.1) is 0 Å². The molecule has 0 heterocycles. The Hall–Kier alpha value is -1.67. The highest BCUT2D eigenvalue weighted by Crippen LogP contribution is 2.12. The Balaban J connectivity index is 2.08. The SMILES string of the molecule is NCCc1ccc(Cc2cccc(F)c2)cc1. The fourth-order valence-electron chi connectivity index (χ4n) is 1.87. The van der Waals surface area contributed by atoms with Gasteiger partial charge in [0.2, 0.25) is 0 Å². The molecule has 0 aromatic heterocycles. The van der Waals surface area contributed by atoms with Gasteiger partial charge in [0.15, 0.2) is 0 Å². The standard InChI is InChI=1S/C15H16FN/c16-15-3-1-2-14(11-15)10-13-6-4-12(5-7-13)8-9-17/h1-7,11H,8-10,17H2. The minimum absolute atomic E-state index is 0.178. The number of hydrogen-bond acceptors (Lipinski definition) is 1. The van der Waals surface area contributed by atoms with Crippen molar-refractivity contribution in [2.24, 2.45) is 5.73 Å². The van der Waals surface area contributed by atoms with Crippen LogP contribution in [0.4, 0.5) is 4.39 Å². The van der Waals surface area contributed by atoms with Crippen LogP contribution in [-0.2, 0) is 12.8 Å². The molecular weight excluding hydrogens is 213 g/mol. The summed E-state index contributed by atoms with van der Waals surface area (Å²) in [5.74, 6) is -0.178. The quantitative estimate of drug-likeness (QED) is 0.857. The minimum Gasteiger partial charge on any atom is -0.330 e. The summed E-state index contributed by atoms with van der Waals surface area (Å²) < 4.78 is 13.0. The van der Waals surface area contributed by atoms with Crippen LogP contribution in [0, 0.1) is 5.82 Å². The molecule has 0 aliphatic rings. The second kappa shape index (κ2) is 5.60. The van der Waals surface area contributed by atoms with Crippen LogP contribution in [0.3, 0.4) is 0 Å². The lowest BCUT2D eigenvalue weighted by Crippen LogP contribution is -2.02. The minimum atomic E-state index is -0.178. The maximum Gasteiger partial charge on any atom is 0.123 e. The van der Waals surface area contributed by atoms with Crippen LogP contribution in [0.5, 0.6) is 0 Å². The fraction of sp³-hybridized carbons (Fsp3) is 0.200. The lowest BCUT2D eigenvalue weighted by Gasteiger charge is -2.04. The predicted octanol–water partition coefficient (Wildman–Crippen LogP) is 2.92. The van der Waals surface area contributed by atoms with E-state index in [0.29, 0.717) is 6.54 Å². The average molecular weight is 229 g/mol. The van der Waals surface area contributed by atoms with Crippen molar-refractivity contribution in [1.29, 1.82) is 0 Å². The van der Waals surface area contributed by atoms with Crippen LogP contribution in [0.2, 0.25) is 0 Å². The molecule has 0 aliphatic heterocycles. The third-order valence-electron chi connectivity index (χ3n) is 2.75. The van der Waals surface area contributed by atoms with Crippen LogP contribution >= 0.6 is 0 Å². The summed E-state index contributed by atoms with van der Waals surface area (Å²) in [6.45, 7) is 0.670. The van der Waals surface area contributed by atoms with Crippen molar-refractivity contribution in [3.8, 4) is 0 Å². The van der Waals surface area contributed by atoms with Crippen LogP contribution in [0.15, 0.2) is 48.5 Å². The highest BCUT2D eigenvalue weighted by Gasteiger charge is 1.98. The summed E-state index contributed by atoms with van der Waals surface area (Å²) in [7, 11) is 0. The van der Waals surface area contributed by atoms with Gasteiger partial charge < -0.3 is 5.73 Å². The first-order valence-electron chi connectivity index (χ1n) is 5.80. The molecule has 0 saturated carbocycles. The molecule has 0 saturated heterocycles. The Morgan fingerprint density at radius 3 is 2.24 bits per heavy atom. The molecule has 0 amide bonds. The molecule has 2 rings (SSSR count). The van der Waals surface area contributed by atoms with Crippen molar-refractivity contribution in [3.63, 3.8) is 0 Å². The molecule has 0 aliphatic carbocycles. The lowest BCUT2D eigenvalue weighted by atomic mass is 10.0. The van der Waals surface area contributed by atoms with Crippen molar-refractivity contribution >= 4 is 0 Å². The number of halogens is 1. The van der Waals surface area contributed by atoms with E-state index in [4.69, 9.17) is 5.73 Å². The highest BCUT2D eigenvalue weighted by molar-refractivity contribution is 5.29. The van der Waals surface area contributed by atoms with Crippen molar-refractivity contribution < 1.29 is 4.39 Å². The maximum atomic E-state index is 13.0. The highest BCUT2D eigenvalue weighted by atomic mass is 19.1. The van der Waals surface area contributed by atoms with E-state index in [9.17, 15) is 4.39 Å². The largest absolute Gasteiger partial charge is 0.330 e. The van der Waals surface area contributed by atoms with Gasteiger partial charge >= 0.3 is 0 Å². The van der Waals surface area contributed by atoms with E-state index in [1.54, 1.807) is 12.1 Å². The second-order valence-corrected chi connectivity index (χ2v) is 4.16. The summed E-state index contributed by atoms with van der Waals surface area (Å²) in [6.07, 6.45) is 1.67. The number of hydrogen-bond donors (Lipinski definition) is 1. The second-order valence-electron chi connectivity index (χ2n) is 4.16. The van der Waals surface area contributed by atoms with Crippen LogP contribution < -0.4 is 5.73 Å². The summed E-state index contributed by atoms with van der Waals surface area (Å²) >= 11 is 0. The van der Waals surface area contributed by atoms with Gasteiger partial charge in [0.25, 0.3) is 0 Å². The normalized spacial score (nSPS) is 10.5. The van der Waals surface area contributed by atoms with Gasteiger partial charge in [-0.25, -0.2) is 4.39 Å². The molecule has 2 N–H and O–H groups in total. The van der Waals surface area contributed by atoms with Crippen molar-refractivity contribution in [1.82, 2.24) is 0 Å². The number of benzene rings is 2. The fourth-order valence-corrected chi connectivity index (χ4v) is 1.87. The smallest absolute Gasteiger partial charge is 0.123 e. The molecule has 2 heteroatoms. The maximum absolute atomic E-state index is 13.0. The molecule has 0 bridgehead atoms. The topological polar surface area (TPSA) is 26.0 Å². The Morgan fingerprint density at radius 1 is 0.882 bits per heavy atom. The predicted molar refractivity (Wildman–Crippen MR) is 68.4 cm³/mol. The molecule has 17 heavy (non-hydrogen) atoms. The van der Waals surface area contributed by atoms with Crippen LogP contribution in [-0.4, -0.2) is 6.54 Å². The first-order valence-corrected chi connectivity index (χ1v) is 5.80. The monoisotopic (exact) mass is 229 g/mol. The third kappa shape index (κ3) is 3.40. The summed E-state index contributed by atoms with van der Waals surface area (Å²) in [5.41, 5.74) is 8.93. The Morgan fingerprint density at radius 2 is 1.59 bits per heavy atom. The van der Waals surface area contributed by atoms with Gasteiger partial charge in [-0.05, 0) is 48.2 Å². The summed E-state index contributed by atoms with van der Waals surface area (Å²) in [4.78, 5) is 0. The third-order valence-corrected chi connectivity index (χ3v) is 2.75. The summed E-state index contributed by atoms with van der Waals surface area (Å²) in [5, 5.41) is 0. The van der Waals surface area contributed by atoms with Crippen LogP contribution in [0.1, 0.15) is 16.7 Å². The zero-order valence-corrected chi connectivity index (χ0v) is 9.70. The van der Waals surface area contributed by atoms with Gasteiger partial charge in [-0.1, -0.05) is 36.4 Å². The van der Waals surface area contributed by atoms with E-state index in [-0.39, 0.29) is 5.82 Å². The molecule has 2 aromatic carbocycles. The van der Waals surface area contributed by atoms with Crippen molar-refractivity contribution in [3.05, 3.63) is 71.0 Å². The van der Waals surface area contributed by atoms with Gasteiger partial charge in [0, 0.05) is 0 Å². The van der Waals surface area contributed by atoms with E-state index < -0.39 is 0 Å². The molecule has 1 nitrogen and oxygen atoms in total. The molecule has 0 atom stereocenters. The molecule has 0 fully saturated rings. The van der Waals surface area contributed by atoms with E-state index in [1.165, 1.54) is 17.2 Å². The van der Waals surface area contributed by atoms with Crippen LogP contribution in [0.25, 0.3) is 0 Å². The Kier molecular flexibility index (Phi) is 3.89. The van der Waals surface area contributed by atoms with Crippen molar-refractivity contribution in [2.45, 2.75) is 12.8 Å². The molecule has 88 valence electrons. The zero-order chi connectivity index (χ0) is 12.1. The Bertz CT molecular complexity index is 477. The van der Waals surface area contributed by atoms with Gasteiger partial charge in [-0.15, -0.1) is 0 Å². The van der Waals surface area contributed by atoms with E-state index in [0.717, 1.165) is 18.4 Å². The lowest BCUT2D eigenvalue weighted by molar-refractivity contribution is 0.626. The summed E-state index contributed by atoms with van der Waals surface area (Å²) in [6, 6.07) is 15.1. The molecule has 0 radical (unpaired) electrons. The van der Waals surface area contributed by atoms with Crippen molar-refractivity contribution in [2.75, 3.05) is 6.54 Å². The Labute approximate surface area is 101 Å². The van der Waals surface area contributed by atoms with E-state index in [1.807, 2.05) is 6.07 Å². The van der Waals surface area contributed by atoms with Gasteiger partial charge in [-0.2, -0.15) is 0 Å². The van der Waals surface area contributed by atoms with E-state index in [2.05, 4.69) is 24.3 Å². The number of nitrogens with two attached hydrogens (primary N) is 1. The number of rotatable bonds is 4. The molecular formula is C15H16FN.